The molecular weight excluding hydrogens is 280 g/mol. The Morgan fingerprint density at radius 2 is 2.00 bits per heavy atom. The molecule has 1 rings (SSSR count). The zero-order chi connectivity index (χ0) is 16.0. The summed E-state index contributed by atoms with van der Waals surface area (Å²) in [6.07, 6.45) is 0.357. The maximum atomic E-state index is 11.9. The van der Waals surface area contributed by atoms with Crippen molar-refractivity contribution in [3.8, 4) is 0 Å². The highest BCUT2D eigenvalue weighted by Gasteiger charge is 2.29. The Morgan fingerprint density at radius 1 is 1.38 bits per heavy atom. The van der Waals surface area contributed by atoms with Crippen molar-refractivity contribution >= 4 is 11.5 Å². The molecule has 9 heteroatoms. The van der Waals surface area contributed by atoms with Crippen LogP contribution in [-0.2, 0) is 11.3 Å². The van der Waals surface area contributed by atoms with E-state index in [1.165, 1.54) is 7.11 Å². The van der Waals surface area contributed by atoms with Crippen molar-refractivity contribution in [1.29, 1.82) is 0 Å². The van der Waals surface area contributed by atoms with Gasteiger partial charge in [-0.2, -0.15) is 0 Å². The topological polar surface area (TPSA) is 143 Å². The number of nitrogen functional groups attached to an aromatic ring is 1. The van der Waals surface area contributed by atoms with E-state index in [-0.39, 0.29) is 24.7 Å². The Labute approximate surface area is 121 Å². The smallest absolute Gasteiger partial charge is 0.330 e. The van der Waals surface area contributed by atoms with Crippen LogP contribution >= 0.6 is 0 Å². The molecule has 1 heterocycles. The number of ether oxygens (including phenoxy) is 1. The standard InChI is InChI=1S/C12H22N4O5/c1-3-12(6-17,7-18)15-8-9(13)16(4-5-21-2)11(20)14-10(8)19/h15,17-18H,3-7,13H2,1-2H3,(H,14,19,20). The number of nitrogens with two attached hydrogens (primary N) is 1. The number of methoxy groups -OCH3 is 1. The lowest BCUT2D eigenvalue weighted by atomic mass is 9.98. The number of nitrogens with one attached hydrogen (secondary N) is 2. The average molecular weight is 302 g/mol. The summed E-state index contributed by atoms with van der Waals surface area (Å²) in [4.78, 5) is 25.8. The Balaban J connectivity index is 3.30. The molecule has 0 aliphatic rings. The first kappa shape index (κ1) is 17.2. The molecule has 0 unspecified atom stereocenters. The van der Waals surface area contributed by atoms with Gasteiger partial charge in [-0.1, -0.05) is 6.92 Å². The SMILES string of the molecule is CCC(CO)(CO)Nc1c(N)n(CCOC)c(=O)[nH]c1=O. The van der Waals surface area contributed by atoms with Gasteiger partial charge < -0.3 is 26.0 Å². The highest BCUT2D eigenvalue weighted by molar-refractivity contribution is 5.61. The third-order valence-corrected chi connectivity index (χ3v) is 3.43. The van der Waals surface area contributed by atoms with E-state index in [1.54, 1.807) is 6.92 Å². The Hall–Kier alpha value is -1.84. The largest absolute Gasteiger partial charge is 0.394 e. The van der Waals surface area contributed by atoms with Gasteiger partial charge in [-0.15, -0.1) is 0 Å². The van der Waals surface area contributed by atoms with E-state index in [2.05, 4.69) is 10.3 Å². The number of anilines is 2. The van der Waals surface area contributed by atoms with Gasteiger partial charge in [-0.3, -0.25) is 14.3 Å². The van der Waals surface area contributed by atoms with Crippen LogP contribution in [0.2, 0.25) is 0 Å². The fourth-order valence-corrected chi connectivity index (χ4v) is 1.82. The minimum Gasteiger partial charge on any atom is -0.394 e. The van der Waals surface area contributed by atoms with Gasteiger partial charge in [0.25, 0.3) is 5.56 Å². The number of aliphatic hydroxyl groups excluding tert-OH is 2. The number of rotatable bonds is 8. The fraction of sp³-hybridized carbons (Fsp3) is 0.667. The summed E-state index contributed by atoms with van der Waals surface area (Å²) in [6.45, 7) is 1.37. The zero-order valence-corrected chi connectivity index (χ0v) is 12.2. The van der Waals surface area contributed by atoms with E-state index in [0.29, 0.717) is 6.42 Å². The number of aromatic nitrogens is 2. The van der Waals surface area contributed by atoms with E-state index >= 15 is 0 Å². The number of hydrogen-bond acceptors (Lipinski definition) is 7. The zero-order valence-electron chi connectivity index (χ0n) is 12.2. The summed E-state index contributed by atoms with van der Waals surface area (Å²) in [5.74, 6) is -0.0690. The minimum atomic E-state index is -1.09. The molecule has 0 fully saturated rings. The predicted molar refractivity (Wildman–Crippen MR) is 78.4 cm³/mol. The summed E-state index contributed by atoms with van der Waals surface area (Å²) in [6, 6.07) is 0. The van der Waals surface area contributed by atoms with E-state index in [9.17, 15) is 19.8 Å². The molecule has 0 aromatic carbocycles. The molecule has 0 bridgehead atoms. The van der Waals surface area contributed by atoms with Crippen LogP contribution < -0.4 is 22.3 Å². The van der Waals surface area contributed by atoms with Gasteiger partial charge in [-0.05, 0) is 6.42 Å². The minimum absolute atomic E-state index is 0.0596. The lowest BCUT2D eigenvalue weighted by Crippen LogP contribution is -2.48. The second-order valence-electron chi connectivity index (χ2n) is 4.74. The lowest BCUT2D eigenvalue weighted by molar-refractivity contribution is 0.132. The van der Waals surface area contributed by atoms with E-state index < -0.39 is 30.0 Å². The van der Waals surface area contributed by atoms with Crippen molar-refractivity contribution < 1.29 is 14.9 Å². The molecule has 0 aliphatic carbocycles. The lowest BCUT2D eigenvalue weighted by Gasteiger charge is -2.31. The first-order chi connectivity index (χ1) is 9.94. The molecule has 120 valence electrons. The predicted octanol–water partition coefficient (Wildman–Crippen LogP) is -1.69. The molecule has 0 amide bonds. The second kappa shape index (κ2) is 7.25. The van der Waals surface area contributed by atoms with E-state index in [1.807, 2.05) is 0 Å². The first-order valence-corrected chi connectivity index (χ1v) is 6.56. The van der Waals surface area contributed by atoms with Gasteiger partial charge in [-0.25, -0.2) is 4.79 Å². The third kappa shape index (κ3) is 3.63. The highest BCUT2D eigenvalue weighted by Crippen LogP contribution is 2.19. The van der Waals surface area contributed by atoms with Crippen LogP contribution in [0.5, 0.6) is 0 Å². The fourth-order valence-electron chi connectivity index (χ4n) is 1.82. The molecule has 21 heavy (non-hydrogen) atoms. The van der Waals surface area contributed by atoms with Crippen LogP contribution in [0.4, 0.5) is 11.5 Å². The molecule has 0 atom stereocenters. The van der Waals surface area contributed by atoms with Gasteiger partial charge in [0.05, 0.1) is 31.9 Å². The first-order valence-electron chi connectivity index (χ1n) is 6.56. The summed E-state index contributed by atoms with van der Waals surface area (Å²) < 4.78 is 6.04. The number of hydrogen-bond donors (Lipinski definition) is 5. The summed E-state index contributed by atoms with van der Waals surface area (Å²) >= 11 is 0. The van der Waals surface area contributed by atoms with Crippen LogP contribution in [-0.4, -0.2) is 52.2 Å². The molecule has 0 radical (unpaired) electrons. The van der Waals surface area contributed by atoms with Crippen molar-refractivity contribution in [1.82, 2.24) is 9.55 Å². The second-order valence-corrected chi connectivity index (χ2v) is 4.74. The number of aromatic amines is 1. The van der Waals surface area contributed by atoms with Gasteiger partial charge >= 0.3 is 5.69 Å². The molecule has 0 saturated heterocycles. The van der Waals surface area contributed by atoms with Crippen LogP contribution in [0.1, 0.15) is 13.3 Å². The maximum absolute atomic E-state index is 11.9. The average Bonchev–Trinajstić information content (AvgIpc) is 2.48. The van der Waals surface area contributed by atoms with Crippen molar-refractivity contribution in [2.45, 2.75) is 25.4 Å². The molecule has 0 spiro atoms. The van der Waals surface area contributed by atoms with Crippen LogP contribution in [0.15, 0.2) is 9.59 Å². The Kier molecular flexibility index (Phi) is 5.94. The quantitative estimate of drug-likeness (QED) is 0.385. The van der Waals surface area contributed by atoms with Crippen LogP contribution in [0, 0.1) is 0 Å². The van der Waals surface area contributed by atoms with Crippen molar-refractivity contribution in [3.05, 3.63) is 20.8 Å². The molecule has 0 saturated carbocycles. The molecular formula is C12H22N4O5. The highest BCUT2D eigenvalue weighted by atomic mass is 16.5. The van der Waals surface area contributed by atoms with Crippen molar-refractivity contribution in [2.24, 2.45) is 0 Å². The number of nitrogens with zero attached hydrogens (tertiary/aromatic N) is 1. The molecule has 1 aromatic rings. The monoisotopic (exact) mass is 302 g/mol. The molecule has 6 N–H and O–H groups in total. The molecule has 9 nitrogen and oxygen atoms in total. The normalized spacial score (nSPS) is 11.6. The Bertz CT molecular complexity index is 568. The van der Waals surface area contributed by atoms with E-state index in [4.69, 9.17) is 10.5 Å². The van der Waals surface area contributed by atoms with Gasteiger partial charge in [0.2, 0.25) is 0 Å². The summed E-state index contributed by atoms with van der Waals surface area (Å²) in [5, 5.41) is 21.6. The van der Waals surface area contributed by atoms with Gasteiger partial charge in [0.15, 0.2) is 0 Å². The summed E-state index contributed by atoms with van der Waals surface area (Å²) in [5.41, 5.74) is 3.36. The Morgan fingerprint density at radius 3 is 2.48 bits per heavy atom. The van der Waals surface area contributed by atoms with Crippen molar-refractivity contribution in [2.75, 3.05) is 38.0 Å². The molecule has 0 aliphatic heterocycles. The van der Waals surface area contributed by atoms with E-state index in [0.717, 1.165) is 4.57 Å². The van der Waals surface area contributed by atoms with Gasteiger partial charge in [0.1, 0.15) is 11.5 Å². The maximum Gasteiger partial charge on any atom is 0.330 e. The molecule has 1 aromatic heterocycles. The number of aliphatic hydroxyl groups is 2. The van der Waals surface area contributed by atoms with Crippen LogP contribution in [0.25, 0.3) is 0 Å². The number of H-pyrrole nitrogens is 1. The van der Waals surface area contributed by atoms with Crippen molar-refractivity contribution in [3.63, 3.8) is 0 Å². The van der Waals surface area contributed by atoms with Crippen LogP contribution in [0.3, 0.4) is 0 Å². The summed E-state index contributed by atoms with van der Waals surface area (Å²) in [7, 11) is 1.48. The third-order valence-electron chi connectivity index (χ3n) is 3.43. The van der Waals surface area contributed by atoms with Gasteiger partial charge in [0, 0.05) is 7.11 Å².